The molecule has 0 radical (unpaired) electrons. The lowest BCUT2D eigenvalue weighted by Crippen LogP contribution is -2.29. The molecule has 0 bridgehead atoms. The van der Waals surface area contributed by atoms with Crippen LogP contribution in [-0.2, 0) is 0 Å². The lowest BCUT2D eigenvalue weighted by atomic mass is 10.1. The predicted octanol–water partition coefficient (Wildman–Crippen LogP) is 1.99. The van der Waals surface area contributed by atoms with E-state index < -0.39 is 0 Å². The van der Waals surface area contributed by atoms with Crippen molar-refractivity contribution in [1.29, 1.82) is 0 Å². The van der Waals surface area contributed by atoms with Crippen molar-refractivity contribution in [3.8, 4) is 5.69 Å². The fraction of sp³-hybridized carbons (Fsp3) is 0.357. The molecule has 100 valence electrons. The smallest absolute Gasteiger partial charge is 0.266 e. The molecule has 0 spiro atoms. The van der Waals surface area contributed by atoms with Gasteiger partial charge in [0.25, 0.3) is 5.91 Å². The molecule has 19 heavy (non-hydrogen) atoms. The fourth-order valence-electron chi connectivity index (χ4n) is 2.47. The summed E-state index contributed by atoms with van der Waals surface area (Å²) >= 11 is 1.48. The van der Waals surface area contributed by atoms with E-state index in [2.05, 4.69) is 0 Å². The molecule has 1 atom stereocenters. The standard InChI is InChI=1S/C14H16N2O2S/c17-10-11-3-7-16(9-11)14(18)13-12(4-8-19-13)15-5-1-2-6-15/h1-2,4-6,8,11,17H,3,7,9-10H2. The van der Waals surface area contributed by atoms with Gasteiger partial charge in [0.15, 0.2) is 0 Å². The number of rotatable bonds is 3. The van der Waals surface area contributed by atoms with Gasteiger partial charge < -0.3 is 14.6 Å². The van der Waals surface area contributed by atoms with E-state index in [9.17, 15) is 4.79 Å². The molecule has 0 aromatic carbocycles. The van der Waals surface area contributed by atoms with E-state index in [0.29, 0.717) is 6.54 Å². The molecule has 0 aliphatic carbocycles. The SMILES string of the molecule is O=C(c1sccc1-n1cccc1)N1CCC(CO)C1. The molecule has 3 heterocycles. The summed E-state index contributed by atoms with van der Waals surface area (Å²) < 4.78 is 1.96. The van der Waals surface area contributed by atoms with E-state index in [1.165, 1.54) is 11.3 Å². The minimum atomic E-state index is 0.0784. The van der Waals surface area contributed by atoms with Crippen molar-refractivity contribution in [2.75, 3.05) is 19.7 Å². The maximum absolute atomic E-state index is 12.5. The van der Waals surface area contributed by atoms with E-state index in [1.54, 1.807) is 0 Å². The van der Waals surface area contributed by atoms with Crippen LogP contribution in [-0.4, -0.2) is 40.2 Å². The molecular weight excluding hydrogens is 260 g/mol. The zero-order valence-electron chi connectivity index (χ0n) is 10.5. The molecule has 0 saturated carbocycles. The summed E-state index contributed by atoms with van der Waals surface area (Å²) in [5.74, 6) is 0.314. The zero-order chi connectivity index (χ0) is 13.2. The Bertz CT molecular complexity index is 562. The van der Waals surface area contributed by atoms with Crippen molar-refractivity contribution < 1.29 is 9.90 Å². The van der Waals surface area contributed by atoms with Crippen LogP contribution >= 0.6 is 11.3 Å². The van der Waals surface area contributed by atoms with Crippen molar-refractivity contribution in [2.45, 2.75) is 6.42 Å². The molecule has 1 amide bonds. The van der Waals surface area contributed by atoms with Gasteiger partial charge in [0.2, 0.25) is 0 Å². The Balaban J connectivity index is 1.83. The average molecular weight is 276 g/mol. The number of thiophene rings is 1. The normalized spacial score (nSPS) is 19.0. The lowest BCUT2D eigenvalue weighted by molar-refractivity contribution is 0.0786. The highest BCUT2D eigenvalue weighted by molar-refractivity contribution is 7.12. The van der Waals surface area contributed by atoms with Crippen molar-refractivity contribution >= 4 is 17.2 Å². The van der Waals surface area contributed by atoms with Gasteiger partial charge in [-0.25, -0.2) is 0 Å². The molecule has 2 aromatic heterocycles. The first kappa shape index (κ1) is 12.4. The third-order valence-electron chi connectivity index (χ3n) is 3.55. The second-order valence-electron chi connectivity index (χ2n) is 4.81. The number of amides is 1. The second-order valence-corrected chi connectivity index (χ2v) is 5.73. The zero-order valence-corrected chi connectivity index (χ0v) is 11.3. The van der Waals surface area contributed by atoms with Gasteiger partial charge in [0.05, 0.1) is 5.69 Å². The number of carbonyl (C=O) groups is 1. The molecule has 3 rings (SSSR count). The number of aromatic nitrogens is 1. The number of nitrogens with zero attached hydrogens (tertiary/aromatic N) is 2. The summed E-state index contributed by atoms with van der Waals surface area (Å²) in [6.45, 7) is 1.57. The summed E-state index contributed by atoms with van der Waals surface area (Å²) in [6.07, 6.45) is 4.78. The predicted molar refractivity (Wildman–Crippen MR) is 74.7 cm³/mol. The lowest BCUT2D eigenvalue weighted by Gasteiger charge is -2.16. The first-order valence-corrected chi connectivity index (χ1v) is 7.28. The van der Waals surface area contributed by atoms with Crippen LogP contribution in [0.4, 0.5) is 0 Å². The molecule has 4 nitrogen and oxygen atoms in total. The molecule has 2 aromatic rings. The van der Waals surface area contributed by atoms with Gasteiger partial charge in [-0.3, -0.25) is 4.79 Å². The van der Waals surface area contributed by atoms with E-state index in [4.69, 9.17) is 5.11 Å². The van der Waals surface area contributed by atoms with E-state index in [-0.39, 0.29) is 18.4 Å². The molecule has 1 saturated heterocycles. The van der Waals surface area contributed by atoms with Gasteiger partial charge in [-0.1, -0.05) is 0 Å². The molecule has 1 fully saturated rings. The Kier molecular flexibility index (Phi) is 3.40. The van der Waals surface area contributed by atoms with Crippen LogP contribution < -0.4 is 0 Å². The van der Waals surface area contributed by atoms with Crippen LogP contribution in [0.25, 0.3) is 5.69 Å². The minimum absolute atomic E-state index is 0.0784. The van der Waals surface area contributed by atoms with Gasteiger partial charge in [-0.15, -0.1) is 11.3 Å². The summed E-state index contributed by atoms with van der Waals surface area (Å²) in [6, 6.07) is 5.87. The number of aliphatic hydroxyl groups excluding tert-OH is 1. The molecule has 1 aliphatic rings. The first-order chi connectivity index (χ1) is 9.29. The van der Waals surface area contributed by atoms with Crippen molar-refractivity contribution in [3.63, 3.8) is 0 Å². The monoisotopic (exact) mass is 276 g/mol. The van der Waals surface area contributed by atoms with Crippen LogP contribution in [0.5, 0.6) is 0 Å². The van der Waals surface area contributed by atoms with Crippen LogP contribution in [0.1, 0.15) is 16.1 Å². The maximum Gasteiger partial charge on any atom is 0.266 e. The summed E-state index contributed by atoms with van der Waals surface area (Å²) in [5, 5.41) is 11.1. The van der Waals surface area contributed by atoms with Crippen LogP contribution in [0.3, 0.4) is 0 Å². The summed E-state index contributed by atoms with van der Waals surface area (Å²) in [7, 11) is 0. The van der Waals surface area contributed by atoms with Crippen LogP contribution in [0.15, 0.2) is 36.0 Å². The first-order valence-electron chi connectivity index (χ1n) is 6.40. The van der Waals surface area contributed by atoms with Gasteiger partial charge in [-0.2, -0.15) is 0 Å². The van der Waals surface area contributed by atoms with E-state index in [1.807, 2.05) is 45.4 Å². The fourth-order valence-corrected chi connectivity index (χ4v) is 3.33. The highest BCUT2D eigenvalue weighted by Gasteiger charge is 2.28. The number of likely N-dealkylation sites (tertiary alicyclic amines) is 1. The van der Waals surface area contributed by atoms with Crippen molar-refractivity contribution in [2.24, 2.45) is 5.92 Å². The third-order valence-corrected chi connectivity index (χ3v) is 4.44. The number of hydrogen-bond donors (Lipinski definition) is 1. The Morgan fingerprint density at radius 3 is 2.89 bits per heavy atom. The quantitative estimate of drug-likeness (QED) is 0.932. The van der Waals surface area contributed by atoms with E-state index >= 15 is 0 Å². The summed E-state index contributed by atoms with van der Waals surface area (Å²) in [5.41, 5.74) is 0.937. The number of hydrogen-bond acceptors (Lipinski definition) is 3. The van der Waals surface area contributed by atoms with Crippen molar-refractivity contribution in [3.05, 3.63) is 40.8 Å². The van der Waals surface area contributed by atoms with Crippen LogP contribution in [0, 0.1) is 5.92 Å². The number of carbonyl (C=O) groups excluding carboxylic acids is 1. The molecular formula is C14H16N2O2S. The summed E-state index contributed by atoms with van der Waals surface area (Å²) in [4.78, 5) is 15.1. The Morgan fingerprint density at radius 2 is 2.21 bits per heavy atom. The Hall–Kier alpha value is -1.59. The van der Waals surface area contributed by atoms with Gasteiger partial charge in [0, 0.05) is 38.0 Å². The third kappa shape index (κ3) is 2.31. The Labute approximate surface area is 115 Å². The highest BCUT2D eigenvalue weighted by atomic mass is 32.1. The minimum Gasteiger partial charge on any atom is -0.396 e. The van der Waals surface area contributed by atoms with Gasteiger partial charge in [-0.05, 0) is 30.0 Å². The maximum atomic E-state index is 12.5. The van der Waals surface area contributed by atoms with Crippen molar-refractivity contribution in [1.82, 2.24) is 9.47 Å². The average Bonchev–Trinajstić information content (AvgIpc) is 3.16. The molecule has 5 heteroatoms. The number of aliphatic hydroxyl groups is 1. The van der Waals surface area contributed by atoms with Gasteiger partial charge >= 0.3 is 0 Å². The Morgan fingerprint density at radius 1 is 1.42 bits per heavy atom. The molecule has 1 unspecified atom stereocenters. The second kappa shape index (κ2) is 5.19. The topological polar surface area (TPSA) is 45.5 Å². The highest BCUT2D eigenvalue weighted by Crippen LogP contribution is 2.26. The molecule has 1 aliphatic heterocycles. The van der Waals surface area contributed by atoms with Gasteiger partial charge in [0.1, 0.15) is 4.88 Å². The largest absolute Gasteiger partial charge is 0.396 e. The molecule has 1 N–H and O–H groups in total. The van der Waals surface area contributed by atoms with Crippen LogP contribution in [0.2, 0.25) is 0 Å². The van der Waals surface area contributed by atoms with E-state index in [0.717, 1.165) is 23.5 Å².